The van der Waals surface area contributed by atoms with E-state index in [0.29, 0.717) is 25.7 Å². The summed E-state index contributed by atoms with van der Waals surface area (Å²) in [7, 11) is 0. The van der Waals surface area contributed by atoms with Gasteiger partial charge in [-0.3, -0.25) is 19.2 Å². The summed E-state index contributed by atoms with van der Waals surface area (Å²) in [5.74, 6) is -0.722. The van der Waals surface area contributed by atoms with Crippen LogP contribution in [0.15, 0.2) is 0 Å². The SMILES string of the molecule is CCCCCCCCCCCCCCCCCC(=O)OC(=O)CCCCCCCCCCC(CCCCCC)OC(=O)CCCCCCCCCCC(CCCCCC)OC(=O)CCCCCCCCCCC(O)CCCCCC. The van der Waals surface area contributed by atoms with Crippen molar-refractivity contribution in [2.45, 2.75) is 438 Å². The predicted molar refractivity (Wildman–Crippen MR) is 341 cm³/mol. The number of esters is 4. The Labute approximate surface area is 497 Å². The highest BCUT2D eigenvalue weighted by atomic mass is 16.6. The molecule has 0 amide bonds. The monoisotopic (exact) mass is 1130 g/mol. The second kappa shape index (κ2) is 64.6. The third kappa shape index (κ3) is 60.6. The fraction of sp³-hybridized carbons (Fsp3) is 0.944. The highest BCUT2D eigenvalue weighted by Crippen LogP contribution is 2.22. The van der Waals surface area contributed by atoms with E-state index in [4.69, 9.17) is 14.2 Å². The molecular formula is C72H138O8. The topological polar surface area (TPSA) is 116 Å². The van der Waals surface area contributed by atoms with E-state index in [9.17, 15) is 24.3 Å². The minimum atomic E-state index is -0.361. The van der Waals surface area contributed by atoms with Crippen LogP contribution in [-0.4, -0.2) is 47.3 Å². The normalized spacial score (nSPS) is 12.7. The van der Waals surface area contributed by atoms with Crippen molar-refractivity contribution in [2.24, 2.45) is 0 Å². The molecule has 0 heterocycles. The molecule has 8 heteroatoms. The van der Waals surface area contributed by atoms with Crippen molar-refractivity contribution in [3.05, 3.63) is 0 Å². The summed E-state index contributed by atoms with van der Waals surface area (Å²) in [5.41, 5.74) is 0. The lowest BCUT2D eigenvalue weighted by Crippen LogP contribution is -2.18. The molecule has 0 saturated heterocycles. The van der Waals surface area contributed by atoms with E-state index >= 15 is 0 Å². The molecule has 0 fully saturated rings. The van der Waals surface area contributed by atoms with Crippen LogP contribution in [0.5, 0.6) is 0 Å². The van der Waals surface area contributed by atoms with Crippen molar-refractivity contribution in [3.8, 4) is 0 Å². The average Bonchev–Trinajstić information content (AvgIpc) is 3.44. The van der Waals surface area contributed by atoms with Gasteiger partial charge in [0.05, 0.1) is 6.10 Å². The van der Waals surface area contributed by atoms with Crippen LogP contribution >= 0.6 is 0 Å². The van der Waals surface area contributed by atoms with Crippen LogP contribution in [0.2, 0.25) is 0 Å². The Bertz CT molecular complexity index is 1300. The average molecular weight is 1130 g/mol. The molecule has 0 spiro atoms. The number of hydrogen-bond acceptors (Lipinski definition) is 8. The maximum atomic E-state index is 12.9. The van der Waals surface area contributed by atoms with Crippen LogP contribution < -0.4 is 0 Å². The molecule has 3 unspecified atom stereocenters. The van der Waals surface area contributed by atoms with E-state index in [1.54, 1.807) is 0 Å². The number of aliphatic hydroxyl groups excluding tert-OH is 1. The lowest BCUT2D eigenvalue weighted by Gasteiger charge is -2.18. The van der Waals surface area contributed by atoms with Crippen LogP contribution in [0.1, 0.15) is 419 Å². The molecule has 0 radical (unpaired) electrons. The molecule has 0 bridgehead atoms. The summed E-state index contributed by atoms with van der Waals surface area (Å²) < 4.78 is 17.3. The Morgan fingerprint density at radius 1 is 0.237 bits per heavy atom. The van der Waals surface area contributed by atoms with Gasteiger partial charge in [-0.1, -0.05) is 304 Å². The molecule has 80 heavy (non-hydrogen) atoms. The van der Waals surface area contributed by atoms with Crippen LogP contribution in [0.25, 0.3) is 0 Å². The summed E-state index contributed by atoms with van der Waals surface area (Å²) in [4.78, 5) is 50.1. The maximum Gasteiger partial charge on any atom is 0.313 e. The van der Waals surface area contributed by atoms with E-state index in [2.05, 4.69) is 27.7 Å². The van der Waals surface area contributed by atoms with Gasteiger partial charge < -0.3 is 19.3 Å². The zero-order valence-electron chi connectivity index (χ0n) is 54.2. The minimum Gasteiger partial charge on any atom is -0.462 e. The Morgan fingerprint density at radius 3 is 0.650 bits per heavy atom. The first-order valence-electron chi connectivity index (χ1n) is 36.1. The summed E-state index contributed by atoms with van der Waals surface area (Å²) in [6, 6.07) is 0. The van der Waals surface area contributed by atoms with Gasteiger partial charge in [0.2, 0.25) is 0 Å². The zero-order valence-corrected chi connectivity index (χ0v) is 54.2. The molecule has 0 aromatic heterocycles. The third-order valence-electron chi connectivity index (χ3n) is 16.9. The predicted octanol–water partition coefficient (Wildman–Crippen LogP) is 23.1. The smallest absolute Gasteiger partial charge is 0.313 e. The quantitative estimate of drug-likeness (QED) is 0.0277. The van der Waals surface area contributed by atoms with Gasteiger partial charge in [-0.25, -0.2) is 0 Å². The molecule has 0 aliphatic heterocycles. The molecule has 0 aromatic rings. The summed E-state index contributed by atoms with van der Waals surface area (Å²) in [5, 5.41) is 10.2. The van der Waals surface area contributed by atoms with Crippen LogP contribution in [-0.2, 0) is 33.4 Å². The Hall–Kier alpha value is -1.96. The van der Waals surface area contributed by atoms with Gasteiger partial charge in [0, 0.05) is 25.7 Å². The lowest BCUT2D eigenvalue weighted by atomic mass is 10.0. The highest BCUT2D eigenvalue weighted by molar-refractivity contribution is 5.85. The van der Waals surface area contributed by atoms with Gasteiger partial charge >= 0.3 is 23.9 Å². The molecule has 0 aromatic carbocycles. The maximum absolute atomic E-state index is 12.9. The summed E-state index contributed by atoms with van der Waals surface area (Å²) >= 11 is 0. The van der Waals surface area contributed by atoms with E-state index in [-0.39, 0.29) is 42.2 Å². The van der Waals surface area contributed by atoms with Crippen molar-refractivity contribution in [3.63, 3.8) is 0 Å². The van der Waals surface area contributed by atoms with Gasteiger partial charge in [0.25, 0.3) is 0 Å². The first-order valence-corrected chi connectivity index (χ1v) is 36.1. The van der Waals surface area contributed by atoms with Gasteiger partial charge in [0.1, 0.15) is 12.2 Å². The number of carbonyl (C=O) groups is 4. The first kappa shape index (κ1) is 78.0. The number of aliphatic hydroxyl groups is 1. The number of rotatable bonds is 66. The van der Waals surface area contributed by atoms with Crippen LogP contribution in [0, 0.1) is 0 Å². The Morgan fingerprint density at radius 2 is 0.412 bits per heavy atom. The molecule has 474 valence electrons. The zero-order chi connectivity index (χ0) is 58.3. The molecule has 1 N–H and O–H groups in total. The third-order valence-corrected chi connectivity index (χ3v) is 16.9. The first-order chi connectivity index (χ1) is 39.2. The van der Waals surface area contributed by atoms with Gasteiger partial charge in [-0.15, -0.1) is 0 Å². The largest absolute Gasteiger partial charge is 0.462 e. The second-order valence-electron chi connectivity index (χ2n) is 25.1. The van der Waals surface area contributed by atoms with Crippen molar-refractivity contribution < 1.29 is 38.5 Å². The van der Waals surface area contributed by atoms with E-state index in [0.717, 1.165) is 148 Å². The number of unbranched alkanes of at least 4 members (excludes halogenated alkanes) is 44. The fourth-order valence-electron chi connectivity index (χ4n) is 11.5. The van der Waals surface area contributed by atoms with Crippen molar-refractivity contribution in [2.75, 3.05) is 0 Å². The lowest BCUT2D eigenvalue weighted by molar-refractivity contribution is -0.160. The Balaban J connectivity index is 4.05. The van der Waals surface area contributed by atoms with Crippen molar-refractivity contribution in [1.82, 2.24) is 0 Å². The molecular weight excluding hydrogens is 993 g/mol. The van der Waals surface area contributed by atoms with Gasteiger partial charge in [0.15, 0.2) is 0 Å². The Kier molecular flexibility index (Phi) is 63.0. The fourth-order valence-corrected chi connectivity index (χ4v) is 11.5. The van der Waals surface area contributed by atoms with Gasteiger partial charge in [-0.2, -0.15) is 0 Å². The van der Waals surface area contributed by atoms with E-state index in [1.807, 2.05) is 0 Å². The second-order valence-corrected chi connectivity index (χ2v) is 25.1. The standard InChI is InChI=1S/C72H138O8/c1-5-9-13-17-18-19-20-21-22-23-24-25-35-44-54-64-71(76)80-72(77)65-55-45-38-31-28-34-41-51-61-68(59-49-16-12-8-4)79-70(75)63-53-43-37-30-27-33-40-50-60-67(58-48-15-11-7-3)78-69(74)62-52-42-36-29-26-32-39-47-57-66(73)56-46-14-10-6-2/h66-68,73H,5-65H2,1-4H3. The molecule has 8 nitrogen and oxygen atoms in total. The molecule has 0 saturated carbocycles. The van der Waals surface area contributed by atoms with Crippen LogP contribution in [0.3, 0.4) is 0 Å². The van der Waals surface area contributed by atoms with E-state index < -0.39 is 0 Å². The van der Waals surface area contributed by atoms with Gasteiger partial charge in [-0.05, 0) is 89.9 Å². The molecule has 0 aliphatic rings. The molecule has 0 rings (SSSR count). The molecule has 0 aliphatic carbocycles. The minimum absolute atomic E-state index is 0.00474. The summed E-state index contributed by atoms with van der Waals surface area (Å²) in [6.07, 6.45) is 68.8. The number of carbonyl (C=O) groups excluding carboxylic acids is 4. The highest BCUT2D eigenvalue weighted by Gasteiger charge is 2.17. The number of hydrogen-bond donors (Lipinski definition) is 1. The summed E-state index contributed by atoms with van der Waals surface area (Å²) in [6.45, 7) is 8.99. The number of ether oxygens (including phenoxy) is 3. The van der Waals surface area contributed by atoms with E-state index in [1.165, 1.54) is 218 Å². The van der Waals surface area contributed by atoms with Crippen LogP contribution in [0.4, 0.5) is 0 Å². The van der Waals surface area contributed by atoms with Crippen molar-refractivity contribution in [1.29, 1.82) is 0 Å². The van der Waals surface area contributed by atoms with Crippen molar-refractivity contribution >= 4 is 23.9 Å². The molecule has 3 atom stereocenters.